The van der Waals surface area contributed by atoms with Crippen molar-refractivity contribution in [2.24, 2.45) is 0 Å². The van der Waals surface area contributed by atoms with Crippen molar-refractivity contribution in [3.63, 3.8) is 0 Å². The van der Waals surface area contributed by atoms with E-state index in [9.17, 15) is 10.1 Å². The van der Waals surface area contributed by atoms with Crippen molar-refractivity contribution in [3.8, 4) is 0 Å². The second kappa shape index (κ2) is 18.0. The summed E-state index contributed by atoms with van der Waals surface area (Å²) < 4.78 is 0. The minimum absolute atomic E-state index is 0.215. The Hall–Kier alpha value is -2.33. The third-order valence-electron chi connectivity index (χ3n) is 6.59. The molecule has 0 atom stereocenters. The zero-order valence-electron chi connectivity index (χ0n) is 21.6. The molecule has 2 aromatic rings. The molecule has 0 bridgehead atoms. The maximum absolute atomic E-state index is 11.6. The van der Waals surface area contributed by atoms with Crippen molar-refractivity contribution >= 4 is 28.8 Å². The van der Waals surface area contributed by atoms with Crippen molar-refractivity contribution in [2.75, 3.05) is 0 Å². The summed E-state index contributed by atoms with van der Waals surface area (Å²) in [5, 5.41) is 11.6. The maximum Gasteiger partial charge on any atom is 0.273 e. The number of unbranched alkanes of at least 4 members (excludes halogenated alkanes) is 13. The first-order chi connectivity index (χ1) is 17.1. The Kier molecular flexibility index (Phi) is 14.9. The highest BCUT2D eigenvalue weighted by molar-refractivity contribution is 7.81. The number of aryl methyl sites for hydroxylation is 1. The van der Waals surface area contributed by atoms with Gasteiger partial charge in [-0.3, -0.25) is 10.1 Å². The van der Waals surface area contributed by atoms with Gasteiger partial charge in [0.25, 0.3) is 5.69 Å². The number of rotatable bonds is 19. The number of hydrogen-bond acceptors (Lipinski definition) is 3. The minimum Gasteiger partial charge on any atom is -0.258 e. The van der Waals surface area contributed by atoms with Crippen LogP contribution in [0, 0.1) is 10.1 Å². The van der Waals surface area contributed by atoms with Crippen molar-refractivity contribution in [1.29, 1.82) is 0 Å². The van der Waals surface area contributed by atoms with Crippen molar-refractivity contribution < 1.29 is 4.92 Å². The van der Waals surface area contributed by atoms with E-state index < -0.39 is 0 Å². The lowest BCUT2D eigenvalue weighted by atomic mass is 10.0. The summed E-state index contributed by atoms with van der Waals surface area (Å²) in [4.78, 5) is 12.1. The molecule has 0 aromatic heterocycles. The number of nitrogens with zero attached hydrogens (tertiary/aromatic N) is 1. The fourth-order valence-electron chi connectivity index (χ4n) is 4.45. The molecule has 0 amide bonds. The normalized spacial score (nSPS) is 11.2. The topological polar surface area (TPSA) is 43.1 Å². The Morgan fingerprint density at radius 3 is 1.89 bits per heavy atom. The summed E-state index contributed by atoms with van der Waals surface area (Å²) >= 11 is 5.45. The number of hydrogen-bond donors (Lipinski definition) is 0. The lowest BCUT2D eigenvalue weighted by Crippen LogP contribution is -1.97. The maximum atomic E-state index is 11.6. The predicted molar refractivity (Wildman–Crippen MR) is 154 cm³/mol. The largest absolute Gasteiger partial charge is 0.273 e. The van der Waals surface area contributed by atoms with Gasteiger partial charge in [-0.2, -0.15) is 0 Å². The standard InChI is InChI=1S/C31H43NO2S/c1-2-3-4-5-6-7-8-9-10-11-12-13-14-16-19-28-24-22-27(26-30(28)32(33)34)23-25-31(35)29-20-17-15-18-21-29/h15,17-18,20-26H,2-14,16,19H2,1H3. The molecule has 0 heterocycles. The van der Waals surface area contributed by atoms with E-state index >= 15 is 0 Å². The highest BCUT2D eigenvalue weighted by Crippen LogP contribution is 2.24. The van der Waals surface area contributed by atoms with Gasteiger partial charge in [-0.1, -0.05) is 151 Å². The molecular formula is C31H43NO2S. The highest BCUT2D eigenvalue weighted by Gasteiger charge is 2.13. The second-order valence-corrected chi connectivity index (χ2v) is 9.99. The molecule has 3 nitrogen and oxygen atoms in total. The van der Waals surface area contributed by atoms with E-state index in [-0.39, 0.29) is 10.6 Å². The zero-order chi connectivity index (χ0) is 25.1. The molecule has 190 valence electrons. The monoisotopic (exact) mass is 493 g/mol. The fourth-order valence-corrected chi connectivity index (χ4v) is 4.65. The Balaban J connectivity index is 1.64. The van der Waals surface area contributed by atoms with E-state index in [0.29, 0.717) is 0 Å². The molecule has 0 saturated heterocycles. The molecule has 2 aromatic carbocycles. The van der Waals surface area contributed by atoms with Crippen LogP contribution in [0.3, 0.4) is 0 Å². The fraction of sp³-hybridized carbons (Fsp3) is 0.516. The van der Waals surface area contributed by atoms with Gasteiger partial charge in [0.2, 0.25) is 0 Å². The van der Waals surface area contributed by atoms with Gasteiger partial charge in [0.05, 0.1) is 4.92 Å². The molecule has 0 N–H and O–H groups in total. The zero-order valence-corrected chi connectivity index (χ0v) is 22.4. The molecule has 0 saturated carbocycles. The molecule has 35 heavy (non-hydrogen) atoms. The molecule has 0 aliphatic rings. The van der Waals surface area contributed by atoms with Gasteiger partial charge >= 0.3 is 0 Å². The molecule has 0 radical (unpaired) electrons. The lowest BCUT2D eigenvalue weighted by molar-refractivity contribution is -0.385. The van der Waals surface area contributed by atoms with Crippen LogP contribution >= 0.6 is 12.2 Å². The van der Waals surface area contributed by atoms with Crippen LogP contribution in [0.25, 0.3) is 6.08 Å². The van der Waals surface area contributed by atoms with E-state index in [2.05, 4.69) is 6.92 Å². The van der Waals surface area contributed by atoms with Crippen LogP contribution < -0.4 is 0 Å². The van der Waals surface area contributed by atoms with Crippen LogP contribution in [0.5, 0.6) is 0 Å². The Bertz CT molecular complexity index is 907. The van der Waals surface area contributed by atoms with Crippen molar-refractivity contribution in [3.05, 3.63) is 81.4 Å². The summed E-state index contributed by atoms with van der Waals surface area (Å²) in [5.41, 5.74) is 2.83. The van der Waals surface area contributed by atoms with Gasteiger partial charge in [-0.15, -0.1) is 0 Å². The van der Waals surface area contributed by atoms with Crippen LogP contribution in [0.15, 0.2) is 54.6 Å². The second-order valence-electron chi connectivity index (χ2n) is 9.56. The quantitative estimate of drug-likeness (QED) is 0.0488. The van der Waals surface area contributed by atoms with Crippen LogP contribution in [0.1, 0.15) is 114 Å². The van der Waals surface area contributed by atoms with Crippen LogP contribution in [-0.2, 0) is 6.42 Å². The smallest absolute Gasteiger partial charge is 0.258 e. The third-order valence-corrected chi connectivity index (χ3v) is 6.96. The number of benzene rings is 2. The lowest BCUT2D eigenvalue weighted by Gasteiger charge is -2.05. The third kappa shape index (κ3) is 12.3. The van der Waals surface area contributed by atoms with E-state index in [4.69, 9.17) is 12.2 Å². The minimum atomic E-state index is -0.258. The summed E-state index contributed by atoms with van der Waals surface area (Å²) in [5.74, 6) is 0. The van der Waals surface area contributed by atoms with E-state index in [0.717, 1.165) is 40.8 Å². The van der Waals surface area contributed by atoms with E-state index in [1.807, 2.05) is 54.6 Å². The van der Waals surface area contributed by atoms with Crippen LogP contribution in [0.2, 0.25) is 0 Å². The first-order valence-corrected chi connectivity index (χ1v) is 14.1. The summed E-state index contributed by atoms with van der Waals surface area (Å²) in [6, 6.07) is 15.3. The Morgan fingerprint density at radius 2 is 1.34 bits per heavy atom. The van der Waals surface area contributed by atoms with Crippen molar-refractivity contribution in [2.45, 2.75) is 103 Å². The molecule has 0 aliphatic heterocycles. The molecule has 0 unspecified atom stereocenters. The molecule has 4 heteroatoms. The van der Waals surface area contributed by atoms with Crippen LogP contribution in [-0.4, -0.2) is 9.79 Å². The molecule has 0 spiro atoms. The first-order valence-electron chi connectivity index (χ1n) is 13.7. The highest BCUT2D eigenvalue weighted by atomic mass is 32.1. The van der Waals surface area contributed by atoms with E-state index in [1.54, 1.807) is 6.07 Å². The molecule has 0 fully saturated rings. The van der Waals surface area contributed by atoms with Gasteiger partial charge in [-0.05, 0) is 30.0 Å². The number of thiocarbonyl (C=S) groups is 1. The van der Waals surface area contributed by atoms with Gasteiger partial charge in [0.15, 0.2) is 0 Å². The van der Waals surface area contributed by atoms with Crippen molar-refractivity contribution in [1.82, 2.24) is 0 Å². The van der Waals surface area contributed by atoms with Gasteiger partial charge in [0, 0.05) is 16.5 Å². The summed E-state index contributed by atoms with van der Waals surface area (Å²) in [6.45, 7) is 2.27. The molecule has 2 rings (SSSR count). The average Bonchev–Trinajstić information content (AvgIpc) is 2.88. The Labute approximate surface area is 218 Å². The van der Waals surface area contributed by atoms with Crippen LogP contribution in [0.4, 0.5) is 5.69 Å². The van der Waals surface area contributed by atoms with Gasteiger partial charge in [0.1, 0.15) is 0 Å². The summed E-state index contributed by atoms with van der Waals surface area (Å²) in [7, 11) is 0. The number of nitro groups is 1. The predicted octanol–water partition coefficient (Wildman–Crippen LogP) is 10.0. The molecular weight excluding hydrogens is 450 g/mol. The number of allylic oxidation sites excluding steroid dienone is 1. The van der Waals surface area contributed by atoms with Gasteiger partial charge in [-0.25, -0.2) is 0 Å². The number of nitro benzene ring substituents is 1. The first kappa shape index (κ1) is 28.9. The Morgan fingerprint density at radius 1 is 0.800 bits per heavy atom. The molecule has 0 aliphatic carbocycles. The van der Waals surface area contributed by atoms with E-state index in [1.165, 1.54) is 77.0 Å². The van der Waals surface area contributed by atoms with Gasteiger partial charge < -0.3 is 0 Å². The average molecular weight is 494 g/mol. The SMILES string of the molecule is CCCCCCCCCCCCCCCCc1ccc(C=CC(=S)c2ccccc2)cc1[N+](=O)[O-]. The summed E-state index contributed by atoms with van der Waals surface area (Å²) in [6.07, 6.45) is 22.9.